The lowest BCUT2D eigenvalue weighted by Crippen LogP contribution is -2.20. The van der Waals surface area contributed by atoms with Crippen molar-refractivity contribution < 1.29 is 22.7 Å². The first-order valence-electron chi connectivity index (χ1n) is 8.51. The summed E-state index contributed by atoms with van der Waals surface area (Å²) in [7, 11) is 3.63. The number of alkyl halides is 3. The molecule has 2 aromatic heterocycles. The highest BCUT2D eigenvalue weighted by atomic mass is 19.4. The van der Waals surface area contributed by atoms with Gasteiger partial charge in [-0.2, -0.15) is 18.3 Å². The molecule has 3 rings (SSSR count). The SMILES string of the molecule is Cc1ccc(-c2cc(C(F)(F)F)n3ncc(C(=O)OCCN(C)C)c3n2)cc1. The van der Waals surface area contributed by atoms with E-state index in [0.717, 1.165) is 17.8 Å². The average molecular weight is 392 g/mol. The zero-order valence-corrected chi connectivity index (χ0v) is 15.6. The minimum absolute atomic E-state index is 0.0997. The molecule has 0 amide bonds. The van der Waals surface area contributed by atoms with Crippen molar-refractivity contribution in [2.75, 3.05) is 27.2 Å². The van der Waals surface area contributed by atoms with Gasteiger partial charge < -0.3 is 9.64 Å². The summed E-state index contributed by atoms with van der Waals surface area (Å²) in [4.78, 5) is 18.4. The molecular weight excluding hydrogens is 373 g/mol. The van der Waals surface area contributed by atoms with E-state index in [1.807, 2.05) is 25.9 Å². The standard InChI is InChI=1S/C19H19F3N4O2/c1-12-4-6-13(7-5-12)15-10-16(19(20,21)22)26-17(24-15)14(11-23-26)18(27)28-9-8-25(2)3/h4-7,10-11H,8-9H2,1-3H3. The predicted molar refractivity (Wildman–Crippen MR) is 97.0 cm³/mol. The second kappa shape index (κ2) is 7.59. The van der Waals surface area contributed by atoms with Crippen molar-refractivity contribution in [1.29, 1.82) is 0 Å². The van der Waals surface area contributed by atoms with E-state index in [0.29, 0.717) is 16.6 Å². The normalized spacial score (nSPS) is 12.0. The summed E-state index contributed by atoms with van der Waals surface area (Å²) in [6.07, 6.45) is -3.62. The number of likely N-dealkylation sites (N-methyl/N-ethyl adjacent to an activating group) is 1. The van der Waals surface area contributed by atoms with Gasteiger partial charge in [0.2, 0.25) is 0 Å². The van der Waals surface area contributed by atoms with Crippen LogP contribution in [0.3, 0.4) is 0 Å². The second-order valence-electron chi connectivity index (χ2n) is 6.62. The van der Waals surface area contributed by atoms with Gasteiger partial charge in [0.1, 0.15) is 12.2 Å². The Morgan fingerprint density at radius 3 is 2.50 bits per heavy atom. The number of carbonyl (C=O) groups is 1. The topological polar surface area (TPSA) is 59.7 Å². The summed E-state index contributed by atoms with van der Waals surface area (Å²) in [5, 5.41) is 3.72. The van der Waals surface area contributed by atoms with Crippen molar-refractivity contribution in [3.63, 3.8) is 0 Å². The van der Waals surface area contributed by atoms with Crippen LogP contribution < -0.4 is 0 Å². The maximum absolute atomic E-state index is 13.6. The molecule has 0 bridgehead atoms. The van der Waals surface area contributed by atoms with Crippen molar-refractivity contribution >= 4 is 11.6 Å². The number of halogens is 3. The minimum Gasteiger partial charge on any atom is -0.461 e. The number of aromatic nitrogens is 3. The summed E-state index contributed by atoms with van der Waals surface area (Å²) in [6.45, 7) is 2.47. The molecule has 2 heterocycles. The third-order valence-corrected chi connectivity index (χ3v) is 4.10. The van der Waals surface area contributed by atoms with Crippen LogP contribution in [0.1, 0.15) is 21.6 Å². The predicted octanol–water partition coefficient (Wildman–Crippen LogP) is 3.44. The van der Waals surface area contributed by atoms with Crippen molar-refractivity contribution in [3.05, 3.63) is 53.3 Å². The number of ether oxygens (including phenoxy) is 1. The first-order chi connectivity index (χ1) is 13.2. The average Bonchev–Trinajstić information content (AvgIpc) is 3.04. The Balaban J connectivity index is 2.09. The van der Waals surface area contributed by atoms with E-state index in [1.165, 1.54) is 0 Å². The smallest absolute Gasteiger partial charge is 0.433 e. The molecule has 0 spiro atoms. The van der Waals surface area contributed by atoms with Gasteiger partial charge in [0.05, 0.1) is 11.9 Å². The number of hydrogen-bond donors (Lipinski definition) is 0. The number of hydrogen-bond acceptors (Lipinski definition) is 5. The van der Waals surface area contributed by atoms with E-state index in [1.54, 1.807) is 24.3 Å². The van der Waals surface area contributed by atoms with Gasteiger partial charge in [0, 0.05) is 12.1 Å². The van der Waals surface area contributed by atoms with Gasteiger partial charge in [-0.15, -0.1) is 0 Å². The van der Waals surface area contributed by atoms with Crippen LogP contribution >= 0.6 is 0 Å². The van der Waals surface area contributed by atoms with Crippen LogP contribution in [0.15, 0.2) is 36.5 Å². The Morgan fingerprint density at radius 1 is 1.21 bits per heavy atom. The summed E-state index contributed by atoms with van der Waals surface area (Å²) in [5.41, 5.74) is 0.253. The van der Waals surface area contributed by atoms with Gasteiger partial charge in [-0.3, -0.25) is 0 Å². The van der Waals surface area contributed by atoms with Crippen LogP contribution in [0.2, 0.25) is 0 Å². The number of carbonyl (C=O) groups excluding carboxylic acids is 1. The van der Waals surface area contributed by atoms with E-state index < -0.39 is 17.8 Å². The lowest BCUT2D eigenvalue weighted by Gasteiger charge is -2.12. The monoisotopic (exact) mass is 392 g/mol. The molecule has 0 aliphatic carbocycles. The molecule has 3 aromatic rings. The van der Waals surface area contributed by atoms with Crippen LogP contribution in [-0.2, 0) is 10.9 Å². The minimum atomic E-state index is -4.67. The molecule has 9 heteroatoms. The quantitative estimate of drug-likeness (QED) is 0.623. The van der Waals surface area contributed by atoms with Gasteiger partial charge in [-0.25, -0.2) is 14.3 Å². The Morgan fingerprint density at radius 2 is 1.89 bits per heavy atom. The number of aryl methyl sites for hydroxylation is 1. The van der Waals surface area contributed by atoms with Crippen molar-refractivity contribution in [2.45, 2.75) is 13.1 Å². The number of benzene rings is 1. The molecule has 6 nitrogen and oxygen atoms in total. The maximum atomic E-state index is 13.6. The number of rotatable bonds is 5. The third-order valence-electron chi connectivity index (χ3n) is 4.10. The molecule has 0 N–H and O–H groups in total. The summed E-state index contributed by atoms with van der Waals surface area (Å²) >= 11 is 0. The van der Waals surface area contributed by atoms with Gasteiger partial charge in [-0.05, 0) is 27.1 Å². The Hall–Kier alpha value is -2.94. The van der Waals surface area contributed by atoms with Gasteiger partial charge in [-0.1, -0.05) is 29.8 Å². The fraction of sp³-hybridized carbons (Fsp3) is 0.316. The maximum Gasteiger partial charge on any atom is 0.433 e. The van der Waals surface area contributed by atoms with E-state index >= 15 is 0 Å². The molecule has 0 unspecified atom stereocenters. The second-order valence-corrected chi connectivity index (χ2v) is 6.62. The van der Waals surface area contributed by atoms with Gasteiger partial charge in [0.25, 0.3) is 0 Å². The number of fused-ring (bicyclic) bond motifs is 1. The van der Waals surface area contributed by atoms with Gasteiger partial charge >= 0.3 is 12.1 Å². The highest BCUT2D eigenvalue weighted by Gasteiger charge is 2.36. The highest BCUT2D eigenvalue weighted by Crippen LogP contribution is 2.32. The van der Waals surface area contributed by atoms with Crippen LogP contribution in [0, 0.1) is 6.92 Å². The Bertz CT molecular complexity index is 995. The van der Waals surface area contributed by atoms with Gasteiger partial charge in [0.15, 0.2) is 11.3 Å². The van der Waals surface area contributed by atoms with Crippen LogP contribution in [-0.4, -0.2) is 52.7 Å². The summed E-state index contributed by atoms with van der Waals surface area (Å²) in [5.74, 6) is -0.765. The van der Waals surface area contributed by atoms with Crippen LogP contribution in [0.4, 0.5) is 13.2 Å². The van der Waals surface area contributed by atoms with Crippen molar-refractivity contribution in [2.24, 2.45) is 0 Å². The molecule has 28 heavy (non-hydrogen) atoms. The zero-order valence-electron chi connectivity index (χ0n) is 15.6. The lowest BCUT2D eigenvalue weighted by atomic mass is 10.1. The highest BCUT2D eigenvalue weighted by molar-refractivity contribution is 5.96. The first-order valence-corrected chi connectivity index (χ1v) is 8.51. The molecule has 0 aliphatic rings. The molecule has 1 aromatic carbocycles. The van der Waals surface area contributed by atoms with E-state index in [2.05, 4.69) is 10.1 Å². The van der Waals surface area contributed by atoms with Crippen molar-refractivity contribution in [1.82, 2.24) is 19.5 Å². The molecule has 0 atom stereocenters. The fourth-order valence-electron chi connectivity index (χ4n) is 2.58. The van der Waals surface area contributed by atoms with Crippen LogP contribution in [0.25, 0.3) is 16.9 Å². The third kappa shape index (κ3) is 4.14. The van der Waals surface area contributed by atoms with E-state index in [9.17, 15) is 18.0 Å². The molecule has 0 saturated carbocycles. The lowest BCUT2D eigenvalue weighted by molar-refractivity contribution is -0.142. The largest absolute Gasteiger partial charge is 0.461 e. The first kappa shape index (κ1) is 19.8. The van der Waals surface area contributed by atoms with Crippen molar-refractivity contribution in [3.8, 4) is 11.3 Å². The Labute approximate surface area is 159 Å². The Kier molecular flexibility index (Phi) is 5.37. The molecule has 0 aliphatic heterocycles. The summed E-state index contributed by atoms with van der Waals surface area (Å²) in [6, 6.07) is 7.84. The zero-order chi connectivity index (χ0) is 20.5. The van der Waals surface area contributed by atoms with Crippen LogP contribution in [0.5, 0.6) is 0 Å². The summed E-state index contributed by atoms with van der Waals surface area (Å²) < 4.78 is 46.5. The van der Waals surface area contributed by atoms with E-state index in [4.69, 9.17) is 4.74 Å². The molecule has 0 saturated heterocycles. The van der Waals surface area contributed by atoms with E-state index in [-0.39, 0.29) is 23.5 Å². The molecule has 0 radical (unpaired) electrons. The molecule has 148 valence electrons. The fourth-order valence-corrected chi connectivity index (χ4v) is 2.58. The number of nitrogens with zero attached hydrogens (tertiary/aromatic N) is 4. The molecular formula is C19H19F3N4O2. The number of esters is 1. The molecule has 0 fully saturated rings.